The highest BCUT2D eigenvalue weighted by Crippen LogP contribution is 2.33. The summed E-state index contributed by atoms with van der Waals surface area (Å²) in [5.74, 6) is 0.635. The standard InChI is InChI=1S/C36H51N3O5S2/c1-26(2)31-13-11-28(12-14-31)22-38-46(42,43)25-30-17-29(23-37-45(7,40)41)18-33(19-30)36(5,6)21-35-24-39(15-16-44-35)34-10-8-9-32(20-34)27(3)4/h8-14,17-20,26-27,35,37-38H,15-16,21-25H2,1-7H3. The molecule has 0 amide bonds. The number of nitrogens with zero attached hydrogens (tertiary/aromatic N) is 1. The van der Waals surface area contributed by atoms with Crippen LogP contribution in [0, 0.1) is 0 Å². The Labute approximate surface area is 277 Å². The minimum atomic E-state index is -3.68. The number of morpholine rings is 1. The van der Waals surface area contributed by atoms with Gasteiger partial charge in [-0.1, -0.05) is 96.1 Å². The second-order valence-electron chi connectivity index (χ2n) is 13.9. The maximum Gasteiger partial charge on any atom is 0.216 e. The lowest BCUT2D eigenvalue weighted by molar-refractivity contribution is 0.0230. The fraction of sp³-hybridized carbons (Fsp3) is 0.500. The summed E-state index contributed by atoms with van der Waals surface area (Å²) in [6.45, 7) is 15.4. The van der Waals surface area contributed by atoms with Crippen LogP contribution in [0.25, 0.3) is 0 Å². The molecule has 0 radical (unpaired) electrons. The maximum absolute atomic E-state index is 13.2. The van der Waals surface area contributed by atoms with Gasteiger partial charge in [0.25, 0.3) is 0 Å². The van der Waals surface area contributed by atoms with E-state index in [1.165, 1.54) is 16.8 Å². The molecule has 4 rings (SSSR count). The van der Waals surface area contributed by atoms with Gasteiger partial charge >= 0.3 is 0 Å². The molecular weight excluding hydrogens is 619 g/mol. The van der Waals surface area contributed by atoms with Crippen LogP contribution in [0.3, 0.4) is 0 Å². The molecule has 3 aromatic carbocycles. The van der Waals surface area contributed by atoms with E-state index in [0.29, 0.717) is 36.0 Å². The third-order valence-electron chi connectivity index (χ3n) is 8.65. The molecule has 10 heteroatoms. The molecule has 1 saturated heterocycles. The maximum atomic E-state index is 13.2. The molecular formula is C36H51N3O5S2. The zero-order valence-corrected chi connectivity index (χ0v) is 30.0. The smallest absolute Gasteiger partial charge is 0.216 e. The molecule has 1 unspecified atom stereocenters. The van der Waals surface area contributed by atoms with Crippen molar-refractivity contribution in [1.82, 2.24) is 9.44 Å². The summed E-state index contributed by atoms with van der Waals surface area (Å²) in [7, 11) is -7.11. The number of anilines is 1. The predicted octanol–water partition coefficient (Wildman–Crippen LogP) is 6.18. The van der Waals surface area contributed by atoms with Gasteiger partial charge in [0, 0.05) is 31.9 Å². The van der Waals surface area contributed by atoms with Crippen LogP contribution in [0.5, 0.6) is 0 Å². The van der Waals surface area contributed by atoms with Crippen LogP contribution >= 0.6 is 0 Å². The van der Waals surface area contributed by atoms with Crippen LogP contribution < -0.4 is 14.3 Å². The molecule has 1 fully saturated rings. The Balaban J connectivity index is 1.52. The molecule has 3 aromatic rings. The SMILES string of the molecule is CC(C)c1ccc(CNS(=O)(=O)Cc2cc(CNS(C)(=O)=O)cc(C(C)(C)CC3CN(c4cccc(C(C)C)c4)CCO3)c2)cc1. The number of benzene rings is 3. The van der Waals surface area contributed by atoms with Crippen molar-refractivity contribution < 1.29 is 21.6 Å². The molecule has 252 valence electrons. The van der Waals surface area contributed by atoms with Crippen molar-refractivity contribution in [3.05, 3.63) is 100 Å². The lowest BCUT2D eigenvalue weighted by Gasteiger charge is -2.38. The second-order valence-corrected chi connectivity index (χ2v) is 17.5. The minimum Gasteiger partial charge on any atom is -0.375 e. The normalized spacial score (nSPS) is 16.4. The van der Waals surface area contributed by atoms with E-state index in [0.717, 1.165) is 30.5 Å². The van der Waals surface area contributed by atoms with Crippen LogP contribution in [-0.2, 0) is 49.0 Å². The molecule has 1 heterocycles. The van der Waals surface area contributed by atoms with Crippen LogP contribution in [0.1, 0.15) is 93.2 Å². The molecule has 0 aromatic heterocycles. The van der Waals surface area contributed by atoms with E-state index >= 15 is 0 Å². The van der Waals surface area contributed by atoms with Crippen LogP contribution in [0.4, 0.5) is 5.69 Å². The topological polar surface area (TPSA) is 105 Å². The van der Waals surface area contributed by atoms with E-state index in [2.05, 4.69) is 80.2 Å². The summed E-state index contributed by atoms with van der Waals surface area (Å²) in [5, 5.41) is 0. The van der Waals surface area contributed by atoms with Gasteiger partial charge in [-0.25, -0.2) is 26.3 Å². The molecule has 8 nitrogen and oxygen atoms in total. The predicted molar refractivity (Wildman–Crippen MR) is 188 cm³/mol. The Bertz CT molecular complexity index is 1680. The molecule has 0 saturated carbocycles. The van der Waals surface area contributed by atoms with Gasteiger partial charge in [0.15, 0.2) is 0 Å². The third-order valence-corrected chi connectivity index (χ3v) is 10.6. The lowest BCUT2D eigenvalue weighted by atomic mass is 9.78. The number of nitrogens with one attached hydrogen (secondary N) is 2. The van der Waals surface area contributed by atoms with E-state index in [-0.39, 0.29) is 30.4 Å². The highest BCUT2D eigenvalue weighted by atomic mass is 32.2. The summed E-state index contributed by atoms with van der Waals surface area (Å²) in [6.07, 6.45) is 1.81. The van der Waals surface area contributed by atoms with Crippen LogP contribution in [-0.4, -0.2) is 48.9 Å². The quantitative estimate of drug-likeness (QED) is 0.213. The average molecular weight is 670 g/mol. The largest absolute Gasteiger partial charge is 0.375 e. The summed E-state index contributed by atoms with van der Waals surface area (Å²) in [6, 6.07) is 22.3. The van der Waals surface area contributed by atoms with E-state index < -0.39 is 20.0 Å². The fourth-order valence-corrected chi connectivity index (χ4v) is 7.41. The van der Waals surface area contributed by atoms with Crippen molar-refractivity contribution in [2.45, 2.75) is 90.2 Å². The highest BCUT2D eigenvalue weighted by molar-refractivity contribution is 7.88. The van der Waals surface area contributed by atoms with Crippen molar-refractivity contribution in [3.63, 3.8) is 0 Å². The number of hydrogen-bond acceptors (Lipinski definition) is 6. The van der Waals surface area contributed by atoms with Crippen molar-refractivity contribution in [1.29, 1.82) is 0 Å². The first-order valence-corrected chi connectivity index (χ1v) is 19.6. The minimum absolute atomic E-state index is 0.0276. The van der Waals surface area contributed by atoms with Crippen molar-refractivity contribution >= 4 is 25.7 Å². The Morgan fingerprint density at radius 3 is 2.13 bits per heavy atom. The van der Waals surface area contributed by atoms with Gasteiger partial charge in [0.2, 0.25) is 20.0 Å². The molecule has 46 heavy (non-hydrogen) atoms. The van der Waals surface area contributed by atoms with Gasteiger partial charge in [0.05, 0.1) is 24.7 Å². The Morgan fingerprint density at radius 1 is 0.826 bits per heavy atom. The van der Waals surface area contributed by atoms with E-state index in [4.69, 9.17) is 4.74 Å². The monoisotopic (exact) mass is 669 g/mol. The highest BCUT2D eigenvalue weighted by Gasteiger charge is 2.30. The van der Waals surface area contributed by atoms with E-state index in [1.807, 2.05) is 36.4 Å². The molecule has 2 N–H and O–H groups in total. The fourth-order valence-electron chi connectivity index (χ4n) is 5.88. The summed E-state index contributed by atoms with van der Waals surface area (Å²) < 4.78 is 61.9. The summed E-state index contributed by atoms with van der Waals surface area (Å²) in [5.41, 5.74) is 6.47. The first-order chi connectivity index (χ1) is 21.5. The molecule has 1 aliphatic heterocycles. The number of hydrogen-bond donors (Lipinski definition) is 2. The molecule has 1 atom stereocenters. The molecule has 0 aliphatic carbocycles. The zero-order chi connectivity index (χ0) is 33.7. The molecule has 0 spiro atoms. The average Bonchev–Trinajstić information content (AvgIpc) is 2.98. The Morgan fingerprint density at radius 2 is 1.48 bits per heavy atom. The zero-order valence-electron chi connectivity index (χ0n) is 28.3. The van der Waals surface area contributed by atoms with Crippen LogP contribution in [0.2, 0.25) is 0 Å². The van der Waals surface area contributed by atoms with Crippen molar-refractivity contribution in [2.75, 3.05) is 30.9 Å². The van der Waals surface area contributed by atoms with Gasteiger partial charge in [-0.2, -0.15) is 0 Å². The van der Waals surface area contributed by atoms with Gasteiger partial charge in [-0.15, -0.1) is 0 Å². The van der Waals surface area contributed by atoms with Gasteiger partial charge in [-0.05, 0) is 69.2 Å². The van der Waals surface area contributed by atoms with Gasteiger partial charge in [-0.3, -0.25) is 0 Å². The van der Waals surface area contributed by atoms with Crippen molar-refractivity contribution in [3.8, 4) is 0 Å². The van der Waals surface area contributed by atoms with Crippen LogP contribution in [0.15, 0.2) is 66.7 Å². The number of rotatable bonds is 14. The number of sulfonamides is 2. The third kappa shape index (κ3) is 10.6. The second kappa shape index (κ2) is 15.0. The first-order valence-electron chi connectivity index (χ1n) is 16.1. The number of ether oxygens (including phenoxy) is 1. The Hall–Kier alpha value is -2.76. The van der Waals surface area contributed by atoms with Gasteiger partial charge < -0.3 is 9.64 Å². The Kier molecular flexibility index (Phi) is 11.8. The van der Waals surface area contributed by atoms with Gasteiger partial charge in [0.1, 0.15) is 0 Å². The first kappa shape index (κ1) is 36.1. The summed E-state index contributed by atoms with van der Waals surface area (Å²) >= 11 is 0. The van der Waals surface area contributed by atoms with E-state index in [1.54, 1.807) is 6.07 Å². The summed E-state index contributed by atoms with van der Waals surface area (Å²) in [4.78, 5) is 2.38. The van der Waals surface area contributed by atoms with E-state index in [9.17, 15) is 16.8 Å². The van der Waals surface area contributed by atoms with Crippen molar-refractivity contribution in [2.24, 2.45) is 0 Å². The lowest BCUT2D eigenvalue weighted by Crippen LogP contribution is -2.44. The molecule has 1 aliphatic rings. The molecule has 0 bridgehead atoms.